The van der Waals surface area contributed by atoms with Crippen molar-refractivity contribution < 1.29 is 15.0 Å². The zero-order valence-corrected chi connectivity index (χ0v) is 14.2. The maximum atomic E-state index is 12.8. The number of benzene rings is 1. The number of hydrogen-bond donors (Lipinski definition) is 2. The summed E-state index contributed by atoms with van der Waals surface area (Å²) in [6.45, 7) is 3.24. The van der Waals surface area contributed by atoms with Crippen LogP contribution < -0.4 is 0 Å². The van der Waals surface area contributed by atoms with E-state index in [4.69, 9.17) is 16.7 Å². The third-order valence-electron chi connectivity index (χ3n) is 4.24. The molecule has 0 saturated carbocycles. The van der Waals surface area contributed by atoms with Crippen LogP contribution in [0.25, 0.3) is 0 Å². The molecule has 0 aliphatic carbocycles. The SMILES string of the molecule is Cc1cc(C(=O)N2CCCn3nc([C@@H](O)CO)cc3C2)ccc1Cl. The highest BCUT2D eigenvalue weighted by atomic mass is 35.5. The molecule has 0 radical (unpaired) electrons. The minimum Gasteiger partial charge on any atom is -0.393 e. The third-order valence-corrected chi connectivity index (χ3v) is 4.66. The molecule has 128 valence electrons. The van der Waals surface area contributed by atoms with Gasteiger partial charge in [0.05, 0.1) is 24.5 Å². The van der Waals surface area contributed by atoms with Crippen LogP contribution >= 0.6 is 11.6 Å². The third kappa shape index (κ3) is 3.31. The fourth-order valence-corrected chi connectivity index (χ4v) is 2.99. The molecule has 2 heterocycles. The number of aliphatic hydroxyl groups is 2. The van der Waals surface area contributed by atoms with Crippen LogP contribution in [0.3, 0.4) is 0 Å². The number of fused-ring (bicyclic) bond motifs is 1. The summed E-state index contributed by atoms with van der Waals surface area (Å²) in [6.07, 6.45) is -0.214. The van der Waals surface area contributed by atoms with Crippen molar-refractivity contribution in [3.05, 3.63) is 51.8 Å². The van der Waals surface area contributed by atoms with Gasteiger partial charge in [-0.05, 0) is 43.2 Å². The van der Waals surface area contributed by atoms with Gasteiger partial charge in [-0.3, -0.25) is 9.48 Å². The van der Waals surface area contributed by atoms with Crippen molar-refractivity contribution >= 4 is 17.5 Å². The smallest absolute Gasteiger partial charge is 0.254 e. The largest absolute Gasteiger partial charge is 0.393 e. The molecule has 2 N–H and O–H groups in total. The molecule has 1 aliphatic rings. The maximum absolute atomic E-state index is 12.8. The molecule has 3 rings (SSSR count). The number of halogens is 1. The highest BCUT2D eigenvalue weighted by Crippen LogP contribution is 2.21. The Morgan fingerprint density at radius 1 is 1.38 bits per heavy atom. The van der Waals surface area contributed by atoms with Crippen LogP contribution in [0.4, 0.5) is 0 Å². The van der Waals surface area contributed by atoms with Gasteiger partial charge in [0.2, 0.25) is 0 Å². The molecule has 0 unspecified atom stereocenters. The lowest BCUT2D eigenvalue weighted by atomic mass is 10.1. The van der Waals surface area contributed by atoms with Gasteiger partial charge in [-0.2, -0.15) is 5.10 Å². The number of aliphatic hydroxyl groups excluding tert-OH is 2. The van der Waals surface area contributed by atoms with Crippen LogP contribution in [-0.4, -0.2) is 44.0 Å². The average molecular weight is 350 g/mol. The van der Waals surface area contributed by atoms with E-state index in [2.05, 4.69) is 5.10 Å². The molecule has 6 nitrogen and oxygen atoms in total. The summed E-state index contributed by atoms with van der Waals surface area (Å²) in [5.41, 5.74) is 2.77. The van der Waals surface area contributed by atoms with Gasteiger partial charge in [0.25, 0.3) is 5.91 Å². The summed E-state index contributed by atoms with van der Waals surface area (Å²) < 4.78 is 1.80. The number of aromatic nitrogens is 2. The number of nitrogens with zero attached hydrogens (tertiary/aromatic N) is 3. The Kier molecular flexibility index (Phi) is 4.89. The van der Waals surface area contributed by atoms with E-state index in [0.29, 0.717) is 35.9 Å². The molecule has 0 spiro atoms. The van der Waals surface area contributed by atoms with Gasteiger partial charge in [0.1, 0.15) is 6.10 Å². The van der Waals surface area contributed by atoms with Crippen molar-refractivity contribution in [1.29, 1.82) is 0 Å². The lowest BCUT2D eigenvalue weighted by molar-refractivity contribution is 0.0745. The molecular weight excluding hydrogens is 330 g/mol. The Morgan fingerprint density at radius 3 is 2.88 bits per heavy atom. The summed E-state index contributed by atoms with van der Waals surface area (Å²) in [6, 6.07) is 7.02. The van der Waals surface area contributed by atoms with E-state index >= 15 is 0 Å². The van der Waals surface area contributed by atoms with E-state index in [-0.39, 0.29) is 12.5 Å². The van der Waals surface area contributed by atoms with Crippen LogP contribution in [0, 0.1) is 6.92 Å². The standard InChI is InChI=1S/C17H20ClN3O3/c1-11-7-12(3-4-14(11)18)17(24)20-5-2-6-21-13(9-20)8-15(19-21)16(23)10-22/h3-4,7-8,16,22-23H,2,5-6,9-10H2,1H3/t16-/m0/s1. The molecule has 24 heavy (non-hydrogen) atoms. The van der Waals surface area contributed by atoms with Crippen LogP contribution in [-0.2, 0) is 13.1 Å². The fraction of sp³-hybridized carbons (Fsp3) is 0.412. The molecule has 0 fully saturated rings. The zero-order chi connectivity index (χ0) is 17.3. The van der Waals surface area contributed by atoms with Crippen molar-refractivity contribution in [1.82, 2.24) is 14.7 Å². The Morgan fingerprint density at radius 2 is 2.17 bits per heavy atom. The van der Waals surface area contributed by atoms with Crippen LogP contribution in [0.15, 0.2) is 24.3 Å². The van der Waals surface area contributed by atoms with Crippen molar-refractivity contribution in [3.8, 4) is 0 Å². The van der Waals surface area contributed by atoms with Crippen molar-refractivity contribution in [2.45, 2.75) is 32.5 Å². The first-order valence-corrected chi connectivity index (χ1v) is 8.28. The zero-order valence-electron chi connectivity index (χ0n) is 13.4. The predicted molar refractivity (Wildman–Crippen MR) is 89.8 cm³/mol. The predicted octanol–water partition coefficient (Wildman–Crippen LogP) is 1.92. The highest BCUT2D eigenvalue weighted by Gasteiger charge is 2.23. The molecule has 0 bridgehead atoms. The number of amides is 1. The van der Waals surface area contributed by atoms with Crippen molar-refractivity contribution in [2.24, 2.45) is 0 Å². The van der Waals surface area contributed by atoms with E-state index in [1.807, 2.05) is 6.92 Å². The molecule has 1 atom stereocenters. The Balaban J connectivity index is 1.83. The molecule has 0 saturated heterocycles. The molecule has 2 aromatic rings. The van der Waals surface area contributed by atoms with Crippen LogP contribution in [0.1, 0.15) is 39.8 Å². The second-order valence-electron chi connectivity index (χ2n) is 6.03. The summed E-state index contributed by atoms with van der Waals surface area (Å²) in [5.74, 6) is -0.0475. The minimum absolute atomic E-state index is 0.0475. The van der Waals surface area contributed by atoms with E-state index in [1.54, 1.807) is 33.8 Å². The monoisotopic (exact) mass is 349 g/mol. The van der Waals surface area contributed by atoms with Gasteiger partial charge in [0, 0.05) is 23.7 Å². The molecular formula is C17H20ClN3O3. The fourth-order valence-electron chi connectivity index (χ4n) is 2.87. The van der Waals surface area contributed by atoms with E-state index in [9.17, 15) is 9.90 Å². The van der Waals surface area contributed by atoms with E-state index in [0.717, 1.165) is 17.7 Å². The van der Waals surface area contributed by atoms with E-state index in [1.165, 1.54) is 0 Å². The number of carbonyl (C=O) groups excluding carboxylic acids is 1. The van der Waals surface area contributed by atoms with Gasteiger partial charge in [-0.25, -0.2) is 0 Å². The summed E-state index contributed by atoms with van der Waals surface area (Å²) >= 11 is 6.03. The first-order valence-electron chi connectivity index (χ1n) is 7.90. The van der Waals surface area contributed by atoms with Crippen LogP contribution in [0.2, 0.25) is 5.02 Å². The summed E-state index contributed by atoms with van der Waals surface area (Å²) in [4.78, 5) is 14.6. The molecule has 7 heteroatoms. The normalized spacial score (nSPS) is 15.8. The molecule has 1 amide bonds. The first-order chi connectivity index (χ1) is 11.5. The number of rotatable bonds is 3. The van der Waals surface area contributed by atoms with Gasteiger partial charge in [-0.1, -0.05) is 11.6 Å². The van der Waals surface area contributed by atoms with Gasteiger partial charge < -0.3 is 15.1 Å². The second-order valence-corrected chi connectivity index (χ2v) is 6.43. The van der Waals surface area contributed by atoms with E-state index < -0.39 is 6.10 Å². The molecule has 1 aromatic heterocycles. The summed E-state index contributed by atoms with van der Waals surface area (Å²) in [7, 11) is 0. The Labute approximate surface area is 145 Å². The van der Waals surface area contributed by atoms with Gasteiger partial charge in [0.15, 0.2) is 0 Å². The topological polar surface area (TPSA) is 78.6 Å². The molecule has 1 aliphatic heterocycles. The maximum Gasteiger partial charge on any atom is 0.254 e. The lowest BCUT2D eigenvalue weighted by Gasteiger charge is -2.20. The number of carbonyl (C=O) groups is 1. The quantitative estimate of drug-likeness (QED) is 0.887. The Hall–Kier alpha value is -1.89. The average Bonchev–Trinajstić information content (AvgIpc) is 2.87. The second kappa shape index (κ2) is 6.93. The number of hydrogen-bond acceptors (Lipinski definition) is 4. The first kappa shape index (κ1) is 17.0. The highest BCUT2D eigenvalue weighted by molar-refractivity contribution is 6.31. The lowest BCUT2D eigenvalue weighted by Crippen LogP contribution is -2.30. The van der Waals surface area contributed by atoms with Crippen molar-refractivity contribution in [3.63, 3.8) is 0 Å². The van der Waals surface area contributed by atoms with Crippen LogP contribution in [0.5, 0.6) is 0 Å². The summed E-state index contributed by atoms with van der Waals surface area (Å²) in [5, 5.41) is 23.8. The van der Waals surface area contributed by atoms with Gasteiger partial charge in [-0.15, -0.1) is 0 Å². The van der Waals surface area contributed by atoms with Gasteiger partial charge >= 0.3 is 0 Å². The van der Waals surface area contributed by atoms with Crippen molar-refractivity contribution in [2.75, 3.05) is 13.2 Å². The molecule has 1 aromatic carbocycles. The number of aryl methyl sites for hydroxylation is 2. The Bertz CT molecular complexity index is 760. The minimum atomic E-state index is -0.993.